The van der Waals surface area contributed by atoms with E-state index < -0.39 is 0 Å². The van der Waals surface area contributed by atoms with Crippen molar-refractivity contribution in [1.29, 1.82) is 0 Å². The fraction of sp³-hybridized carbons (Fsp3) is 0.579. The molecule has 152 valence electrons. The molecule has 3 rings (SSSR count). The van der Waals surface area contributed by atoms with E-state index in [9.17, 15) is 9.59 Å². The van der Waals surface area contributed by atoms with Crippen LogP contribution in [0.4, 0.5) is 5.69 Å². The molecule has 27 heavy (non-hydrogen) atoms. The number of nitrogens with two attached hydrogens (primary N) is 1. The summed E-state index contributed by atoms with van der Waals surface area (Å²) in [5.74, 6) is 0.241. The van der Waals surface area contributed by atoms with Crippen LogP contribution in [0.3, 0.4) is 0 Å². The lowest BCUT2D eigenvalue weighted by molar-refractivity contribution is -0.136. The van der Waals surface area contributed by atoms with Crippen molar-refractivity contribution < 1.29 is 9.59 Å². The second-order valence-electron chi connectivity index (χ2n) is 7.13. The number of rotatable bonds is 3. The van der Waals surface area contributed by atoms with E-state index in [2.05, 4.69) is 11.8 Å². The van der Waals surface area contributed by atoms with E-state index in [0.717, 1.165) is 32.5 Å². The number of nitrogens with zero attached hydrogens (tertiary/aromatic N) is 3. The van der Waals surface area contributed by atoms with Gasteiger partial charge in [0.15, 0.2) is 0 Å². The van der Waals surface area contributed by atoms with Gasteiger partial charge in [0, 0.05) is 50.0 Å². The van der Waals surface area contributed by atoms with Gasteiger partial charge in [0.25, 0.3) is 5.91 Å². The Bertz CT molecular complexity index is 636. The molecular formula is C19H30Cl2N4O2. The molecule has 0 radical (unpaired) electrons. The first-order valence-electron chi connectivity index (χ1n) is 9.21. The molecule has 2 saturated heterocycles. The number of hydrogen-bond donors (Lipinski definition) is 1. The van der Waals surface area contributed by atoms with E-state index in [4.69, 9.17) is 5.73 Å². The molecule has 2 aliphatic heterocycles. The Labute approximate surface area is 173 Å². The van der Waals surface area contributed by atoms with Gasteiger partial charge in [-0.1, -0.05) is 6.07 Å². The number of halogens is 2. The monoisotopic (exact) mass is 416 g/mol. The maximum Gasteiger partial charge on any atom is 0.254 e. The number of amides is 2. The maximum atomic E-state index is 12.5. The molecule has 6 nitrogen and oxygen atoms in total. The van der Waals surface area contributed by atoms with Crippen LogP contribution >= 0.6 is 24.8 Å². The zero-order valence-electron chi connectivity index (χ0n) is 15.8. The first-order valence-corrected chi connectivity index (χ1v) is 9.21. The number of piperidine rings is 1. The van der Waals surface area contributed by atoms with Crippen LogP contribution in [0.2, 0.25) is 0 Å². The van der Waals surface area contributed by atoms with Crippen LogP contribution in [0, 0.1) is 0 Å². The zero-order chi connectivity index (χ0) is 17.8. The maximum absolute atomic E-state index is 12.5. The molecule has 0 bridgehead atoms. The molecule has 1 atom stereocenters. The highest BCUT2D eigenvalue weighted by molar-refractivity contribution is 5.95. The highest BCUT2D eigenvalue weighted by Crippen LogP contribution is 2.17. The highest BCUT2D eigenvalue weighted by Gasteiger charge is 2.27. The van der Waals surface area contributed by atoms with Gasteiger partial charge < -0.3 is 15.5 Å². The van der Waals surface area contributed by atoms with E-state index >= 15 is 0 Å². The summed E-state index contributed by atoms with van der Waals surface area (Å²) in [5.41, 5.74) is 7.00. The summed E-state index contributed by atoms with van der Waals surface area (Å²) in [5, 5.41) is 0. The summed E-state index contributed by atoms with van der Waals surface area (Å²) in [6, 6.07) is 7.45. The lowest BCUT2D eigenvalue weighted by Gasteiger charge is -2.38. The second kappa shape index (κ2) is 10.7. The molecule has 2 N–H and O–H groups in total. The Morgan fingerprint density at radius 1 is 1.07 bits per heavy atom. The Hall–Kier alpha value is -1.50. The van der Waals surface area contributed by atoms with Crippen molar-refractivity contribution in [2.45, 2.75) is 32.2 Å². The van der Waals surface area contributed by atoms with Crippen LogP contribution in [-0.4, -0.2) is 71.8 Å². The smallest absolute Gasteiger partial charge is 0.254 e. The van der Waals surface area contributed by atoms with Crippen LogP contribution in [0.5, 0.6) is 0 Å². The first kappa shape index (κ1) is 23.5. The average molecular weight is 417 g/mol. The highest BCUT2D eigenvalue weighted by atomic mass is 35.5. The third-order valence-corrected chi connectivity index (χ3v) is 5.28. The largest absolute Gasteiger partial charge is 0.399 e. The number of nitrogen functional groups attached to an aromatic ring is 1. The molecule has 0 saturated carbocycles. The predicted molar refractivity (Wildman–Crippen MR) is 113 cm³/mol. The van der Waals surface area contributed by atoms with E-state index in [-0.39, 0.29) is 36.6 Å². The predicted octanol–water partition coefficient (Wildman–Crippen LogP) is 2.27. The Balaban J connectivity index is 0.00000182. The standard InChI is InChI=1S/C19H28N4O2.2ClH/c1-15-5-2-3-8-23(15)18(24)14-21-9-11-22(12-10-21)19(25)16-6-4-7-17(20)13-16;;/h4,6-7,13,15H,2-3,5,8-12,14,20H2,1H3;2*1H. The zero-order valence-corrected chi connectivity index (χ0v) is 17.4. The SMILES string of the molecule is CC1CCCCN1C(=O)CN1CCN(C(=O)c2cccc(N)c2)CC1.Cl.Cl. The average Bonchev–Trinajstić information content (AvgIpc) is 2.62. The topological polar surface area (TPSA) is 69.9 Å². The molecule has 1 unspecified atom stereocenters. The van der Waals surface area contributed by atoms with Gasteiger partial charge >= 0.3 is 0 Å². The number of anilines is 1. The van der Waals surface area contributed by atoms with Crippen LogP contribution < -0.4 is 5.73 Å². The van der Waals surface area contributed by atoms with Crippen molar-refractivity contribution in [1.82, 2.24) is 14.7 Å². The molecule has 2 amide bonds. The van der Waals surface area contributed by atoms with Gasteiger partial charge in [-0.15, -0.1) is 24.8 Å². The summed E-state index contributed by atoms with van der Waals surface area (Å²) >= 11 is 0. The Kier molecular flexibility index (Phi) is 9.36. The lowest BCUT2D eigenvalue weighted by atomic mass is 10.0. The minimum Gasteiger partial charge on any atom is -0.399 e. The fourth-order valence-electron chi connectivity index (χ4n) is 3.71. The summed E-state index contributed by atoms with van der Waals surface area (Å²) in [7, 11) is 0. The van der Waals surface area contributed by atoms with Crippen LogP contribution in [-0.2, 0) is 4.79 Å². The van der Waals surface area contributed by atoms with Gasteiger partial charge in [-0.25, -0.2) is 0 Å². The minimum absolute atomic E-state index is 0. The van der Waals surface area contributed by atoms with E-state index in [1.54, 1.807) is 24.3 Å². The number of carbonyl (C=O) groups excluding carboxylic acids is 2. The molecule has 0 spiro atoms. The summed E-state index contributed by atoms with van der Waals surface area (Å²) < 4.78 is 0. The molecule has 2 fully saturated rings. The minimum atomic E-state index is 0. The van der Waals surface area contributed by atoms with Crippen molar-refractivity contribution in [3.63, 3.8) is 0 Å². The molecule has 0 aromatic heterocycles. The number of piperazine rings is 1. The third-order valence-electron chi connectivity index (χ3n) is 5.28. The van der Waals surface area contributed by atoms with Crippen molar-refractivity contribution in [3.05, 3.63) is 29.8 Å². The summed E-state index contributed by atoms with van der Waals surface area (Å²) in [4.78, 5) is 31.1. The van der Waals surface area contributed by atoms with Gasteiger partial charge in [-0.3, -0.25) is 14.5 Å². The van der Waals surface area contributed by atoms with E-state index in [0.29, 0.717) is 36.9 Å². The second-order valence-corrected chi connectivity index (χ2v) is 7.13. The Morgan fingerprint density at radius 3 is 2.41 bits per heavy atom. The number of hydrogen-bond acceptors (Lipinski definition) is 4. The number of carbonyl (C=O) groups is 2. The van der Waals surface area contributed by atoms with E-state index in [1.165, 1.54) is 6.42 Å². The van der Waals surface area contributed by atoms with Crippen LogP contribution in [0.15, 0.2) is 24.3 Å². The van der Waals surface area contributed by atoms with Gasteiger partial charge in [-0.2, -0.15) is 0 Å². The van der Waals surface area contributed by atoms with Gasteiger partial charge in [-0.05, 0) is 44.4 Å². The van der Waals surface area contributed by atoms with Gasteiger partial charge in [0.1, 0.15) is 0 Å². The number of benzene rings is 1. The van der Waals surface area contributed by atoms with Crippen molar-refractivity contribution in [2.24, 2.45) is 0 Å². The summed E-state index contributed by atoms with van der Waals surface area (Å²) in [6.07, 6.45) is 3.43. The molecule has 2 aliphatic rings. The van der Waals surface area contributed by atoms with Crippen molar-refractivity contribution >= 4 is 42.3 Å². The molecular weight excluding hydrogens is 387 g/mol. The van der Waals surface area contributed by atoms with Crippen LogP contribution in [0.1, 0.15) is 36.5 Å². The van der Waals surface area contributed by atoms with Gasteiger partial charge in [0.2, 0.25) is 5.91 Å². The number of likely N-dealkylation sites (tertiary alicyclic amines) is 1. The quantitative estimate of drug-likeness (QED) is 0.767. The summed E-state index contributed by atoms with van der Waals surface area (Å²) in [6.45, 7) is 6.26. The van der Waals surface area contributed by atoms with Crippen molar-refractivity contribution in [2.75, 3.05) is 45.0 Å². The normalized spacial score (nSPS) is 20.4. The molecule has 8 heteroatoms. The molecule has 1 aromatic carbocycles. The third kappa shape index (κ3) is 5.99. The Morgan fingerprint density at radius 2 is 1.78 bits per heavy atom. The lowest BCUT2D eigenvalue weighted by Crippen LogP contribution is -2.53. The van der Waals surface area contributed by atoms with Crippen molar-refractivity contribution in [3.8, 4) is 0 Å². The molecule has 1 aromatic rings. The fourth-order valence-corrected chi connectivity index (χ4v) is 3.71. The van der Waals surface area contributed by atoms with Crippen LogP contribution in [0.25, 0.3) is 0 Å². The molecule has 2 heterocycles. The first-order chi connectivity index (χ1) is 12.0. The van der Waals surface area contributed by atoms with Gasteiger partial charge in [0.05, 0.1) is 6.54 Å². The molecule has 0 aliphatic carbocycles. The van der Waals surface area contributed by atoms with E-state index in [1.807, 2.05) is 9.80 Å².